The molecule has 0 spiro atoms. The van der Waals surface area contributed by atoms with Crippen molar-refractivity contribution in [3.8, 4) is 0 Å². The second-order valence-corrected chi connectivity index (χ2v) is 27.9. The van der Waals surface area contributed by atoms with Gasteiger partial charge in [-0.25, -0.2) is 19.9 Å². The highest BCUT2D eigenvalue weighted by Gasteiger charge is 2.42. The number of piperidine rings is 2. The van der Waals surface area contributed by atoms with Gasteiger partial charge in [-0.15, -0.1) is 0 Å². The lowest BCUT2D eigenvalue weighted by Gasteiger charge is -2.49. The van der Waals surface area contributed by atoms with Crippen LogP contribution >= 0.6 is 0 Å². The van der Waals surface area contributed by atoms with Crippen molar-refractivity contribution in [2.45, 2.75) is 347 Å². The molecule has 2 aliphatic rings. The van der Waals surface area contributed by atoms with Gasteiger partial charge in [0.2, 0.25) is 23.8 Å². The number of nitrogens with one attached hydrogen (secondary N) is 4. The van der Waals surface area contributed by atoms with E-state index in [0.29, 0.717) is 25.0 Å². The lowest BCUT2D eigenvalue weighted by atomic mass is 9.79. The summed E-state index contributed by atoms with van der Waals surface area (Å²) in [5, 5.41) is 14.7. The first kappa shape index (κ1) is 71.5. The number of nitrogens with zero attached hydrogens (tertiary/aromatic N) is 8. The van der Waals surface area contributed by atoms with Crippen molar-refractivity contribution in [1.29, 1.82) is 0 Å². The molecule has 0 bridgehead atoms. The SMILES string of the molecule is CCCCCCCCCCCCCCCCCCOCCCN(c1ncnc(NCCNc2ncnc(N(CCCOCCCCCCCCCCCCCCCCCC)C3CC(C)(C)NC(C)(C)C3)n2)n1)C1CC(C)(C)NC(C)(C)C1. The Kier molecular flexibility index (Phi) is 36.6. The molecule has 82 heavy (non-hydrogen) atoms. The highest BCUT2D eigenvalue weighted by atomic mass is 16.5. The summed E-state index contributed by atoms with van der Waals surface area (Å²) in [6, 6.07) is 0.563. The number of rotatable bonds is 51. The molecule has 4 heterocycles. The average molecular weight is 1150 g/mol. The molecule has 2 fully saturated rings. The van der Waals surface area contributed by atoms with Crippen LogP contribution in [0.1, 0.15) is 313 Å². The lowest BCUT2D eigenvalue weighted by molar-refractivity contribution is 0.124. The van der Waals surface area contributed by atoms with Crippen molar-refractivity contribution >= 4 is 23.8 Å². The maximum Gasteiger partial charge on any atom is 0.230 e. The largest absolute Gasteiger partial charge is 0.381 e. The van der Waals surface area contributed by atoms with Crippen LogP contribution in [-0.2, 0) is 9.47 Å². The molecule has 2 aromatic rings. The van der Waals surface area contributed by atoms with Gasteiger partial charge in [0.15, 0.2) is 0 Å². The first-order chi connectivity index (χ1) is 39.6. The summed E-state index contributed by atoms with van der Waals surface area (Å²) in [4.78, 5) is 33.6. The van der Waals surface area contributed by atoms with Crippen LogP contribution in [0.25, 0.3) is 0 Å². The van der Waals surface area contributed by atoms with E-state index in [1.54, 1.807) is 12.7 Å². The standard InChI is InChI=1S/C68H130N12O2/c1-11-13-15-17-19-21-23-25-27-29-31-33-35-37-39-41-49-81-51-43-47-79(59-53-65(3,4)77-66(5,6)54-59)63-73-57-71-61(75-63)69-45-46-70-62-72-58-74-64(76-62)80(60-55-67(7,8)78-68(9,10)56-60)48-44-52-82-50-42-40-38-36-34-32-30-28-26-24-22-20-18-16-14-12-2/h57-60,77-78H,11-56H2,1-10H3,(H,69,71,73,75)(H,70,72,74,76). The van der Waals surface area contributed by atoms with Gasteiger partial charge in [-0.2, -0.15) is 9.97 Å². The Morgan fingerprint density at radius 3 is 0.915 bits per heavy atom. The summed E-state index contributed by atoms with van der Waals surface area (Å²) in [7, 11) is 0. The zero-order chi connectivity index (χ0) is 59.0. The van der Waals surface area contributed by atoms with E-state index in [1.165, 1.54) is 193 Å². The summed E-state index contributed by atoms with van der Waals surface area (Å²) < 4.78 is 12.5. The number of unbranched alkanes of at least 4 members (excludes halogenated alkanes) is 30. The Hall–Kier alpha value is -2.94. The summed E-state index contributed by atoms with van der Waals surface area (Å²) in [5.41, 5.74) is -0.0550. The van der Waals surface area contributed by atoms with E-state index >= 15 is 0 Å². The second kappa shape index (κ2) is 42.0. The van der Waals surface area contributed by atoms with Crippen LogP contribution in [0.15, 0.2) is 12.7 Å². The maximum absolute atomic E-state index is 6.23. The Morgan fingerprint density at radius 2 is 0.634 bits per heavy atom. The highest BCUT2D eigenvalue weighted by Crippen LogP contribution is 2.35. The molecular weight excluding hydrogens is 1020 g/mol. The van der Waals surface area contributed by atoms with Gasteiger partial charge in [0, 0.05) is 86.8 Å². The van der Waals surface area contributed by atoms with E-state index in [4.69, 9.17) is 29.4 Å². The normalized spacial score (nSPS) is 16.9. The fraction of sp³-hybridized carbons (Fsp3) is 0.912. The van der Waals surface area contributed by atoms with Gasteiger partial charge in [0.1, 0.15) is 12.7 Å². The second-order valence-electron chi connectivity index (χ2n) is 27.9. The van der Waals surface area contributed by atoms with Crippen LogP contribution in [0.2, 0.25) is 0 Å². The van der Waals surface area contributed by atoms with Crippen LogP contribution in [-0.4, -0.2) is 117 Å². The number of aromatic nitrogens is 6. The third-order valence-corrected chi connectivity index (χ3v) is 17.2. The highest BCUT2D eigenvalue weighted by molar-refractivity contribution is 5.40. The summed E-state index contributed by atoms with van der Waals surface area (Å²) in [5.74, 6) is 2.58. The van der Waals surface area contributed by atoms with Crippen molar-refractivity contribution in [3.05, 3.63) is 12.7 Å². The van der Waals surface area contributed by atoms with Gasteiger partial charge in [-0.05, 0) is 107 Å². The van der Waals surface area contributed by atoms with Crippen LogP contribution in [0.3, 0.4) is 0 Å². The van der Waals surface area contributed by atoms with E-state index in [-0.39, 0.29) is 34.2 Å². The summed E-state index contributed by atoms with van der Waals surface area (Å²) in [6.07, 6.45) is 53.4. The first-order valence-electron chi connectivity index (χ1n) is 34.7. The van der Waals surface area contributed by atoms with E-state index in [2.05, 4.69) is 110 Å². The predicted octanol–water partition coefficient (Wildman–Crippen LogP) is 17.1. The molecule has 14 heteroatoms. The molecule has 0 amide bonds. The molecule has 0 aromatic carbocycles. The number of hydrogen-bond donors (Lipinski definition) is 4. The van der Waals surface area contributed by atoms with Crippen LogP contribution in [0, 0.1) is 0 Å². The molecule has 2 aromatic heterocycles. The summed E-state index contributed by atoms with van der Waals surface area (Å²) >= 11 is 0. The Labute approximate surface area is 504 Å². The quantitative estimate of drug-likeness (QED) is 0.0465. The molecule has 0 aliphatic carbocycles. The van der Waals surface area contributed by atoms with Gasteiger partial charge < -0.3 is 40.5 Å². The minimum absolute atomic E-state index is 0.0137. The van der Waals surface area contributed by atoms with Gasteiger partial charge >= 0.3 is 0 Å². The molecule has 0 unspecified atom stereocenters. The molecule has 4 N–H and O–H groups in total. The maximum atomic E-state index is 6.23. The van der Waals surface area contributed by atoms with Crippen molar-refractivity contribution in [1.82, 2.24) is 40.5 Å². The minimum atomic E-state index is -0.0137. The predicted molar refractivity (Wildman–Crippen MR) is 350 cm³/mol. The molecular formula is C68H130N12O2. The molecule has 2 saturated heterocycles. The van der Waals surface area contributed by atoms with Crippen molar-refractivity contribution in [2.24, 2.45) is 0 Å². The molecule has 14 nitrogen and oxygen atoms in total. The molecule has 0 atom stereocenters. The molecule has 0 radical (unpaired) electrons. The van der Waals surface area contributed by atoms with Crippen LogP contribution < -0.4 is 31.1 Å². The number of anilines is 4. The zero-order valence-electron chi connectivity index (χ0n) is 55.2. The van der Waals surface area contributed by atoms with Gasteiger partial charge in [0.05, 0.1) is 0 Å². The number of hydrogen-bond acceptors (Lipinski definition) is 14. The Balaban J connectivity index is 1.18. The van der Waals surface area contributed by atoms with Crippen LogP contribution in [0.4, 0.5) is 23.8 Å². The smallest absolute Gasteiger partial charge is 0.230 e. The molecule has 474 valence electrons. The van der Waals surface area contributed by atoms with Crippen molar-refractivity contribution in [2.75, 3.05) is 73.0 Å². The van der Waals surface area contributed by atoms with Gasteiger partial charge in [-0.3, -0.25) is 0 Å². The topological polar surface area (TPSA) is 150 Å². The van der Waals surface area contributed by atoms with E-state index < -0.39 is 0 Å². The minimum Gasteiger partial charge on any atom is -0.381 e. The van der Waals surface area contributed by atoms with Gasteiger partial charge in [0.25, 0.3) is 0 Å². The van der Waals surface area contributed by atoms with Crippen molar-refractivity contribution < 1.29 is 9.47 Å². The monoisotopic (exact) mass is 1150 g/mol. The zero-order valence-corrected chi connectivity index (χ0v) is 55.2. The lowest BCUT2D eigenvalue weighted by Crippen LogP contribution is -2.62. The van der Waals surface area contributed by atoms with Crippen molar-refractivity contribution in [3.63, 3.8) is 0 Å². The molecule has 4 rings (SSSR count). The fourth-order valence-electron chi connectivity index (χ4n) is 13.6. The van der Waals surface area contributed by atoms with Gasteiger partial charge in [-0.1, -0.05) is 206 Å². The molecule has 0 saturated carbocycles. The van der Waals surface area contributed by atoms with Crippen LogP contribution in [0.5, 0.6) is 0 Å². The number of ether oxygens (including phenoxy) is 2. The summed E-state index contributed by atoms with van der Waals surface area (Å²) in [6.45, 7) is 29.1. The van der Waals surface area contributed by atoms with E-state index in [1.807, 2.05) is 0 Å². The molecule has 2 aliphatic heterocycles. The van der Waals surface area contributed by atoms with E-state index in [9.17, 15) is 0 Å². The Bertz CT molecular complexity index is 1700. The Morgan fingerprint density at radius 1 is 0.378 bits per heavy atom. The first-order valence-corrected chi connectivity index (χ1v) is 34.7. The van der Waals surface area contributed by atoms with E-state index in [0.717, 1.165) is 103 Å². The third-order valence-electron chi connectivity index (χ3n) is 17.2. The third kappa shape index (κ3) is 33.1. The fourth-order valence-corrected chi connectivity index (χ4v) is 13.6. The average Bonchev–Trinajstić information content (AvgIpc) is 3.55.